The highest BCUT2D eigenvalue weighted by Crippen LogP contribution is 2.49. The molecule has 2 heterocycles. The van der Waals surface area contributed by atoms with Crippen LogP contribution in [0.5, 0.6) is 5.75 Å². The standard InChI is InChI=1S/C32H37N3O6/c1-9-14-35(33(6)7)24-17-25-27(30(39-18(2)36)31(40-19(3)37)32(4,5)41-25)28-26(24)29(38)22-15-20-12-10-11-13-21(20)16-23(22)34(28)8/h10-13,15-17,30-31H,9,14H2,1-8H3. The number of esters is 2. The Hall–Kier alpha value is -4.11. The second-order valence-electron chi connectivity index (χ2n) is 11.4. The van der Waals surface area contributed by atoms with Gasteiger partial charge in [-0.05, 0) is 43.2 Å². The molecule has 41 heavy (non-hydrogen) atoms. The number of carbonyl (C=O) groups excluding carboxylic acids is 2. The molecule has 0 amide bonds. The lowest BCUT2D eigenvalue weighted by atomic mass is 9.86. The molecule has 1 aromatic heterocycles. The van der Waals surface area contributed by atoms with Crippen molar-refractivity contribution in [2.45, 2.75) is 58.8 Å². The largest absolute Gasteiger partial charge is 0.483 e. The first kappa shape index (κ1) is 28.4. The minimum atomic E-state index is -1.04. The van der Waals surface area contributed by atoms with E-state index in [1.54, 1.807) is 13.8 Å². The molecule has 9 heteroatoms. The van der Waals surface area contributed by atoms with Crippen LogP contribution in [-0.2, 0) is 26.1 Å². The van der Waals surface area contributed by atoms with Crippen molar-refractivity contribution in [1.82, 2.24) is 9.58 Å². The summed E-state index contributed by atoms with van der Waals surface area (Å²) in [6.45, 7) is 8.96. The van der Waals surface area contributed by atoms with Crippen LogP contribution in [0.1, 0.15) is 52.7 Å². The summed E-state index contributed by atoms with van der Waals surface area (Å²) in [4.78, 5) is 39.3. The highest BCUT2D eigenvalue weighted by Gasteiger charge is 2.50. The van der Waals surface area contributed by atoms with Gasteiger partial charge in [0.25, 0.3) is 0 Å². The van der Waals surface area contributed by atoms with E-state index in [0.29, 0.717) is 39.8 Å². The van der Waals surface area contributed by atoms with Crippen molar-refractivity contribution < 1.29 is 23.8 Å². The van der Waals surface area contributed by atoms with Gasteiger partial charge in [-0.2, -0.15) is 0 Å². The van der Waals surface area contributed by atoms with Crippen LogP contribution in [0, 0.1) is 0 Å². The third-order valence-electron chi connectivity index (χ3n) is 7.71. The number of rotatable bonds is 6. The van der Waals surface area contributed by atoms with Gasteiger partial charge in [0.05, 0.1) is 27.7 Å². The normalized spacial score (nSPS) is 17.9. The van der Waals surface area contributed by atoms with E-state index in [-0.39, 0.29) is 5.43 Å². The molecule has 0 spiro atoms. The van der Waals surface area contributed by atoms with E-state index in [1.807, 2.05) is 78.2 Å². The Morgan fingerprint density at radius 1 is 1.02 bits per heavy atom. The fraction of sp³-hybridized carbons (Fsp3) is 0.406. The van der Waals surface area contributed by atoms with Crippen LogP contribution in [-0.4, -0.2) is 53.9 Å². The fourth-order valence-corrected chi connectivity index (χ4v) is 6.01. The molecule has 0 aliphatic carbocycles. The van der Waals surface area contributed by atoms with Crippen LogP contribution in [0.3, 0.4) is 0 Å². The maximum atomic E-state index is 14.5. The molecule has 3 aromatic carbocycles. The van der Waals surface area contributed by atoms with Crippen molar-refractivity contribution in [2.24, 2.45) is 7.05 Å². The lowest BCUT2D eigenvalue weighted by molar-refractivity contribution is -0.187. The molecule has 5 rings (SSSR count). The van der Waals surface area contributed by atoms with Crippen LogP contribution in [0.2, 0.25) is 0 Å². The zero-order chi connectivity index (χ0) is 29.8. The highest BCUT2D eigenvalue weighted by molar-refractivity contribution is 6.06. The number of fused-ring (bicyclic) bond motifs is 5. The first-order chi connectivity index (χ1) is 19.4. The summed E-state index contributed by atoms with van der Waals surface area (Å²) in [6.07, 6.45) is -1.12. The summed E-state index contributed by atoms with van der Waals surface area (Å²) < 4.78 is 20.2. The van der Waals surface area contributed by atoms with Crippen molar-refractivity contribution in [3.63, 3.8) is 0 Å². The smallest absolute Gasteiger partial charge is 0.303 e. The number of aryl methyl sites for hydroxylation is 1. The van der Waals surface area contributed by atoms with Gasteiger partial charge >= 0.3 is 11.9 Å². The van der Waals surface area contributed by atoms with Gasteiger partial charge in [-0.25, -0.2) is 5.01 Å². The number of ether oxygens (including phenoxy) is 3. The molecule has 9 nitrogen and oxygen atoms in total. The maximum absolute atomic E-state index is 14.5. The van der Waals surface area contributed by atoms with E-state index in [9.17, 15) is 14.4 Å². The van der Waals surface area contributed by atoms with E-state index < -0.39 is 29.7 Å². The Labute approximate surface area is 239 Å². The number of hydrogen-bond acceptors (Lipinski definition) is 8. The second kappa shape index (κ2) is 10.4. The lowest BCUT2D eigenvalue weighted by Crippen LogP contribution is -2.52. The molecule has 216 valence electrons. The topological polar surface area (TPSA) is 90.3 Å². The Morgan fingerprint density at radius 2 is 1.66 bits per heavy atom. The molecular weight excluding hydrogens is 522 g/mol. The molecule has 0 saturated heterocycles. The monoisotopic (exact) mass is 559 g/mol. The SMILES string of the molecule is CCCN(c1cc2c(c3c1c(=O)c1cc4ccccc4cc1n3C)C(OC(C)=O)C(OC(C)=O)C(C)(C)O2)N(C)C. The Kier molecular flexibility index (Phi) is 7.19. The predicted octanol–water partition coefficient (Wildman–Crippen LogP) is 5.24. The Morgan fingerprint density at radius 3 is 2.24 bits per heavy atom. The zero-order valence-corrected chi connectivity index (χ0v) is 24.9. The van der Waals surface area contributed by atoms with Crippen molar-refractivity contribution in [3.05, 3.63) is 58.3 Å². The van der Waals surface area contributed by atoms with E-state index in [2.05, 4.69) is 6.92 Å². The number of carbonyl (C=O) groups is 2. The Bertz CT molecular complexity index is 1760. The first-order valence-corrected chi connectivity index (χ1v) is 13.9. The molecule has 4 aromatic rings. The molecular formula is C32H37N3O6. The average Bonchev–Trinajstić information content (AvgIpc) is 2.89. The highest BCUT2D eigenvalue weighted by atomic mass is 16.6. The second-order valence-corrected chi connectivity index (χ2v) is 11.4. The summed E-state index contributed by atoms with van der Waals surface area (Å²) in [5.41, 5.74) is 1.28. The summed E-state index contributed by atoms with van der Waals surface area (Å²) >= 11 is 0. The van der Waals surface area contributed by atoms with Crippen LogP contribution in [0.25, 0.3) is 32.6 Å². The van der Waals surface area contributed by atoms with E-state index >= 15 is 0 Å². The summed E-state index contributed by atoms with van der Waals surface area (Å²) in [5.74, 6) is -0.600. The molecule has 2 unspecified atom stereocenters. The minimum Gasteiger partial charge on any atom is -0.483 e. The van der Waals surface area contributed by atoms with Gasteiger partial charge in [0.15, 0.2) is 17.6 Å². The van der Waals surface area contributed by atoms with E-state index in [0.717, 1.165) is 22.7 Å². The van der Waals surface area contributed by atoms with E-state index in [1.165, 1.54) is 13.8 Å². The third-order valence-corrected chi connectivity index (χ3v) is 7.71. The quantitative estimate of drug-likeness (QED) is 0.180. The summed E-state index contributed by atoms with van der Waals surface area (Å²) in [5, 5.41) is 7.00. The third kappa shape index (κ3) is 4.78. The number of anilines is 1. The number of pyridine rings is 1. The van der Waals surface area contributed by atoms with Gasteiger partial charge < -0.3 is 23.8 Å². The van der Waals surface area contributed by atoms with Gasteiger partial charge in [0.2, 0.25) is 0 Å². The van der Waals surface area contributed by atoms with Gasteiger partial charge in [0, 0.05) is 53.0 Å². The van der Waals surface area contributed by atoms with Crippen LogP contribution in [0.4, 0.5) is 5.69 Å². The summed E-state index contributed by atoms with van der Waals surface area (Å²) in [7, 11) is 5.76. The number of nitrogens with zero attached hydrogens (tertiary/aromatic N) is 3. The van der Waals surface area contributed by atoms with Crippen molar-refractivity contribution in [3.8, 4) is 5.75 Å². The van der Waals surface area contributed by atoms with Crippen LogP contribution < -0.4 is 15.2 Å². The Balaban J connectivity index is 2.00. The van der Waals surface area contributed by atoms with Gasteiger partial charge in [-0.15, -0.1) is 0 Å². The number of aromatic nitrogens is 1. The first-order valence-electron chi connectivity index (χ1n) is 13.9. The molecule has 0 bridgehead atoms. The van der Waals surface area contributed by atoms with Crippen molar-refractivity contribution >= 4 is 50.2 Å². The molecule has 0 saturated carbocycles. The molecule has 0 radical (unpaired) electrons. The molecule has 0 fully saturated rings. The molecule has 1 aliphatic rings. The van der Waals surface area contributed by atoms with Crippen LogP contribution in [0.15, 0.2) is 47.3 Å². The number of hydrogen-bond donors (Lipinski definition) is 0. The lowest BCUT2D eigenvalue weighted by Gasteiger charge is -2.44. The predicted molar refractivity (Wildman–Crippen MR) is 160 cm³/mol. The number of benzene rings is 3. The van der Waals surface area contributed by atoms with E-state index in [4.69, 9.17) is 14.2 Å². The zero-order valence-electron chi connectivity index (χ0n) is 24.9. The van der Waals surface area contributed by atoms with Crippen molar-refractivity contribution in [2.75, 3.05) is 25.6 Å². The number of hydrazine groups is 1. The molecule has 2 atom stereocenters. The fourth-order valence-electron chi connectivity index (χ4n) is 6.01. The van der Waals surface area contributed by atoms with Gasteiger partial charge in [0.1, 0.15) is 11.4 Å². The van der Waals surface area contributed by atoms with Gasteiger partial charge in [-0.3, -0.25) is 14.4 Å². The maximum Gasteiger partial charge on any atom is 0.303 e. The molecule has 0 N–H and O–H groups in total. The van der Waals surface area contributed by atoms with Crippen LogP contribution >= 0.6 is 0 Å². The van der Waals surface area contributed by atoms with Crippen molar-refractivity contribution in [1.29, 1.82) is 0 Å². The minimum absolute atomic E-state index is 0.143. The summed E-state index contributed by atoms with van der Waals surface area (Å²) in [6, 6.07) is 13.7. The molecule has 1 aliphatic heterocycles. The van der Waals surface area contributed by atoms with Gasteiger partial charge in [-0.1, -0.05) is 31.2 Å². The average molecular weight is 560 g/mol.